The normalized spacial score (nSPS) is 21.9. The number of likely N-dealkylation sites (tertiary alicyclic amines) is 2. The number of nitrogens with zero attached hydrogens (tertiary/aromatic N) is 3. The molecule has 1 aromatic carbocycles. The Morgan fingerprint density at radius 1 is 1.26 bits per heavy atom. The third-order valence-corrected chi connectivity index (χ3v) is 6.26. The SMILES string of the molecule is CCN1CCC(CNC(=O)N2CCC(c3nc4c(C)cccc4[nH]3)CC2)C1. The molecule has 2 amide bonds. The van der Waals surface area contributed by atoms with Crippen LogP contribution in [0.2, 0.25) is 0 Å². The topological polar surface area (TPSA) is 64.3 Å². The van der Waals surface area contributed by atoms with E-state index in [0.717, 1.165) is 62.4 Å². The first-order valence-electron chi connectivity index (χ1n) is 10.3. The molecule has 6 nitrogen and oxygen atoms in total. The molecule has 146 valence electrons. The molecule has 1 atom stereocenters. The molecule has 4 rings (SSSR count). The molecule has 2 aliphatic heterocycles. The molecule has 0 spiro atoms. The molecule has 2 fully saturated rings. The molecule has 1 aromatic heterocycles. The number of imidazole rings is 1. The summed E-state index contributed by atoms with van der Waals surface area (Å²) in [6.45, 7) is 10.1. The highest BCUT2D eigenvalue weighted by atomic mass is 16.2. The van der Waals surface area contributed by atoms with Gasteiger partial charge in [0.1, 0.15) is 5.82 Å². The number of benzene rings is 1. The second-order valence-electron chi connectivity index (χ2n) is 8.09. The summed E-state index contributed by atoms with van der Waals surface area (Å²) in [4.78, 5) is 25.3. The van der Waals surface area contributed by atoms with Gasteiger partial charge in [-0.25, -0.2) is 9.78 Å². The van der Waals surface area contributed by atoms with E-state index in [9.17, 15) is 4.79 Å². The highest BCUT2D eigenvalue weighted by Crippen LogP contribution is 2.28. The molecule has 0 saturated carbocycles. The maximum Gasteiger partial charge on any atom is 0.317 e. The smallest absolute Gasteiger partial charge is 0.317 e. The van der Waals surface area contributed by atoms with Crippen molar-refractivity contribution < 1.29 is 4.79 Å². The first-order valence-corrected chi connectivity index (χ1v) is 10.3. The summed E-state index contributed by atoms with van der Waals surface area (Å²) in [5.74, 6) is 2.09. The van der Waals surface area contributed by atoms with E-state index in [1.807, 2.05) is 4.90 Å². The van der Waals surface area contributed by atoms with Crippen LogP contribution in [0.15, 0.2) is 18.2 Å². The van der Waals surface area contributed by atoms with Crippen LogP contribution in [0.5, 0.6) is 0 Å². The Morgan fingerprint density at radius 3 is 2.78 bits per heavy atom. The number of hydrogen-bond acceptors (Lipinski definition) is 3. The minimum Gasteiger partial charge on any atom is -0.342 e. The number of hydrogen-bond donors (Lipinski definition) is 2. The monoisotopic (exact) mass is 369 g/mol. The van der Waals surface area contributed by atoms with Crippen molar-refractivity contribution in [2.75, 3.05) is 39.3 Å². The number of fused-ring (bicyclic) bond motifs is 1. The zero-order valence-electron chi connectivity index (χ0n) is 16.5. The molecule has 3 heterocycles. The van der Waals surface area contributed by atoms with Gasteiger partial charge in [-0.05, 0) is 56.8 Å². The molecule has 2 saturated heterocycles. The summed E-state index contributed by atoms with van der Waals surface area (Å²) in [5.41, 5.74) is 3.40. The molecule has 2 N–H and O–H groups in total. The molecule has 0 radical (unpaired) electrons. The van der Waals surface area contributed by atoms with E-state index in [2.05, 4.69) is 47.2 Å². The number of aromatic amines is 1. The largest absolute Gasteiger partial charge is 0.342 e. The van der Waals surface area contributed by atoms with Gasteiger partial charge in [0, 0.05) is 32.1 Å². The van der Waals surface area contributed by atoms with E-state index in [4.69, 9.17) is 4.98 Å². The van der Waals surface area contributed by atoms with E-state index in [1.54, 1.807) is 0 Å². The summed E-state index contributed by atoms with van der Waals surface area (Å²) in [5, 5.41) is 3.16. The average Bonchev–Trinajstić information content (AvgIpc) is 3.34. The van der Waals surface area contributed by atoms with Crippen molar-refractivity contribution in [3.8, 4) is 0 Å². The van der Waals surface area contributed by atoms with Crippen LogP contribution < -0.4 is 5.32 Å². The molecule has 1 unspecified atom stereocenters. The minimum absolute atomic E-state index is 0.101. The minimum atomic E-state index is 0.101. The Hall–Kier alpha value is -2.08. The van der Waals surface area contributed by atoms with E-state index >= 15 is 0 Å². The average molecular weight is 370 g/mol. The Morgan fingerprint density at radius 2 is 2.07 bits per heavy atom. The summed E-state index contributed by atoms with van der Waals surface area (Å²) < 4.78 is 0. The van der Waals surface area contributed by atoms with Crippen molar-refractivity contribution in [2.24, 2.45) is 5.92 Å². The van der Waals surface area contributed by atoms with Crippen LogP contribution in [0.1, 0.15) is 43.5 Å². The fourth-order valence-electron chi connectivity index (χ4n) is 4.45. The van der Waals surface area contributed by atoms with Gasteiger partial charge in [-0.2, -0.15) is 0 Å². The summed E-state index contributed by atoms with van der Waals surface area (Å²) >= 11 is 0. The Labute approximate surface area is 161 Å². The zero-order chi connectivity index (χ0) is 18.8. The fourth-order valence-corrected chi connectivity index (χ4v) is 4.45. The number of rotatable bonds is 4. The molecule has 27 heavy (non-hydrogen) atoms. The second-order valence-corrected chi connectivity index (χ2v) is 8.09. The summed E-state index contributed by atoms with van der Waals surface area (Å²) in [6, 6.07) is 6.36. The number of aromatic nitrogens is 2. The predicted molar refractivity (Wildman–Crippen MR) is 108 cm³/mol. The molecule has 2 aliphatic rings. The van der Waals surface area contributed by atoms with Crippen molar-refractivity contribution in [3.63, 3.8) is 0 Å². The van der Waals surface area contributed by atoms with E-state index in [0.29, 0.717) is 11.8 Å². The van der Waals surface area contributed by atoms with Crippen LogP contribution >= 0.6 is 0 Å². The number of para-hydroxylation sites is 1. The highest BCUT2D eigenvalue weighted by Gasteiger charge is 2.27. The van der Waals surface area contributed by atoms with Crippen LogP contribution in [0.3, 0.4) is 0 Å². The number of carbonyl (C=O) groups is 1. The summed E-state index contributed by atoms with van der Waals surface area (Å²) in [6.07, 6.45) is 3.14. The quantitative estimate of drug-likeness (QED) is 0.870. The highest BCUT2D eigenvalue weighted by molar-refractivity contribution is 5.78. The standard InChI is InChI=1S/C21H31N5O/c1-3-25-10-7-16(14-25)13-22-21(27)26-11-8-17(9-12-26)20-23-18-6-4-5-15(2)19(18)24-20/h4-6,16-17H,3,7-14H2,1-2H3,(H,22,27)(H,23,24). The van der Waals surface area contributed by atoms with E-state index in [1.165, 1.54) is 18.5 Å². The Kier molecular flexibility index (Phi) is 5.34. The number of piperidine rings is 1. The zero-order valence-corrected chi connectivity index (χ0v) is 16.5. The van der Waals surface area contributed by atoms with Gasteiger partial charge in [0.2, 0.25) is 0 Å². The maximum atomic E-state index is 12.5. The van der Waals surface area contributed by atoms with Crippen molar-refractivity contribution in [2.45, 2.75) is 39.0 Å². The van der Waals surface area contributed by atoms with Crippen molar-refractivity contribution in [1.82, 2.24) is 25.1 Å². The molecule has 6 heteroatoms. The molecule has 0 bridgehead atoms. The van der Waals surface area contributed by atoms with Gasteiger partial charge in [-0.3, -0.25) is 0 Å². The summed E-state index contributed by atoms with van der Waals surface area (Å²) in [7, 11) is 0. The molecule has 0 aliphatic carbocycles. The Balaban J connectivity index is 1.28. The van der Waals surface area contributed by atoms with Gasteiger partial charge in [0.25, 0.3) is 0 Å². The van der Waals surface area contributed by atoms with Crippen LogP contribution in [0, 0.1) is 12.8 Å². The lowest BCUT2D eigenvalue weighted by atomic mass is 9.96. The number of amides is 2. The number of H-pyrrole nitrogens is 1. The van der Waals surface area contributed by atoms with Crippen molar-refractivity contribution in [1.29, 1.82) is 0 Å². The van der Waals surface area contributed by atoms with Crippen LogP contribution in [0.4, 0.5) is 4.79 Å². The lowest BCUT2D eigenvalue weighted by Gasteiger charge is -2.31. The van der Waals surface area contributed by atoms with Gasteiger partial charge in [-0.1, -0.05) is 19.1 Å². The number of urea groups is 1. The van der Waals surface area contributed by atoms with Crippen LogP contribution in [-0.2, 0) is 0 Å². The predicted octanol–water partition coefficient (Wildman–Crippen LogP) is 3.10. The lowest BCUT2D eigenvalue weighted by molar-refractivity contribution is 0.179. The first kappa shape index (κ1) is 18.3. The molecular formula is C21H31N5O. The second kappa shape index (κ2) is 7.89. The van der Waals surface area contributed by atoms with Gasteiger partial charge in [-0.15, -0.1) is 0 Å². The van der Waals surface area contributed by atoms with Crippen molar-refractivity contribution >= 4 is 17.1 Å². The first-order chi connectivity index (χ1) is 13.1. The van der Waals surface area contributed by atoms with Gasteiger partial charge < -0.3 is 20.1 Å². The van der Waals surface area contributed by atoms with Crippen LogP contribution in [0.25, 0.3) is 11.0 Å². The van der Waals surface area contributed by atoms with Crippen molar-refractivity contribution in [3.05, 3.63) is 29.6 Å². The van der Waals surface area contributed by atoms with E-state index in [-0.39, 0.29) is 6.03 Å². The molecular weight excluding hydrogens is 338 g/mol. The number of nitrogens with one attached hydrogen (secondary N) is 2. The third-order valence-electron chi connectivity index (χ3n) is 6.26. The third kappa shape index (κ3) is 3.95. The number of aryl methyl sites for hydroxylation is 1. The van der Waals surface area contributed by atoms with Gasteiger partial charge >= 0.3 is 6.03 Å². The molecule has 2 aromatic rings. The van der Waals surface area contributed by atoms with Gasteiger partial charge in [0.05, 0.1) is 11.0 Å². The lowest BCUT2D eigenvalue weighted by Crippen LogP contribution is -2.45. The fraction of sp³-hybridized carbons (Fsp3) is 0.619. The van der Waals surface area contributed by atoms with Crippen LogP contribution in [-0.4, -0.2) is 65.1 Å². The van der Waals surface area contributed by atoms with E-state index < -0.39 is 0 Å². The maximum absolute atomic E-state index is 12.5. The van der Waals surface area contributed by atoms with Gasteiger partial charge in [0.15, 0.2) is 0 Å². The number of carbonyl (C=O) groups excluding carboxylic acids is 1. The Bertz CT molecular complexity index is 793.